The lowest BCUT2D eigenvalue weighted by Crippen LogP contribution is -2.20. The third-order valence-corrected chi connectivity index (χ3v) is 15.0. The van der Waals surface area contributed by atoms with Crippen molar-refractivity contribution in [2.24, 2.45) is 0 Å². The van der Waals surface area contributed by atoms with Crippen LogP contribution in [0.2, 0.25) is 0 Å². The van der Waals surface area contributed by atoms with E-state index in [9.17, 15) is 0 Å². The summed E-state index contributed by atoms with van der Waals surface area (Å²) < 4.78 is 0. The first kappa shape index (κ1) is 53.4. The number of anilines is 6. The van der Waals surface area contributed by atoms with E-state index >= 15 is 0 Å². The van der Waals surface area contributed by atoms with Crippen LogP contribution in [0, 0.1) is 41.5 Å². The molecular weight excluding hydrogens is 893 g/mol. The van der Waals surface area contributed by atoms with Gasteiger partial charge in [-0.25, -0.2) is 0 Å². The van der Waals surface area contributed by atoms with Crippen LogP contribution in [0.15, 0.2) is 146 Å². The van der Waals surface area contributed by atoms with Gasteiger partial charge in [0.1, 0.15) is 0 Å². The third kappa shape index (κ3) is 12.5. The minimum atomic E-state index is 1.03. The fourth-order valence-corrected chi connectivity index (χ4v) is 10.9. The maximum Gasteiger partial charge on any atom is 0.0573 e. The normalized spacial score (nSPS) is 11.6. The second kappa shape index (κ2) is 25.4. The van der Waals surface area contributed by atoms with Crippen LogP contribution in [0.25, 0.3) is 35.1 Å². The van der Waals surface area contributed by atoms with Gasteiger partial charge in [-0.15, -0.1) is 0 Å². The van der Waals surface area contributed by atoms with Gasteiger partial charge in [0.2, 0.25) is 0 Å². The van der Waals surface area contributed by atoms with E-state index in [0.717, 1.165) is 77.0 Å². The highest BCUT2D eigenvalue weighted by Crippen LogP contribution is 2.52. The van der Waals surface area contributed by atoms with Gasteiger partial charge in [0.05, 0.1) is 22.7 Å². The first-order valence-electron chi connectivity index (χ1n) is 28.1. The molecule has 0 N–H and O–H groups in total. The van der Waals surface area contributed by atoms with E-state index < -0.39 is 0 Å². The monoisotopic (exact) mass is 975 g/mol. The van der Waals surface area contributed by atoms with E-state index in [1.165, 1.54) is 123 Å². The molecule has 0 saturated carbocycles. The molecule has 8 rings (SSSR count). The lowest BCUT2D eigenvalue weighted by Gasteiger charge is -2.37. The van der Waals surface area contributed by atoms with Crippen LogP contribution in [0.5, 0.6) is 0 Å². The molecule has 0 radical (unpaired) electrons. The standard InChI is InChI=1S/C72H82N2/c1-11-15-21-61-47-53(7)48-62(22-16-12-2)71(61)73(65-43-39-59(40-44-65)37-35-57-31-27-51(5)28-32-57)69-55(9)56(10)70(68-26-20-19-25-67(68)69)74(72-63(23-17-13-3)49-54(8)50-64(72)24-18-14-4)66-45-41-60(42-46-66)38-36-58-33-29-52(6)30-34-58/h19-20,25-50H,11-18,21-24H2,1-10H3. The van der Waals surface area contributed by atoms with Gasteiger partial charge in [-0.1, -0.05) is 221 Å². The van der Waals surface area contributed by atoms with Crippen molar-refractivity contribution in [2.75, 3.05) is 9.80 Å². The zero-order valence-corrected chi connectivity index (χ0v) is 46.5. The molecule has 0 aliphatic carbocycles. The predicted octanol–water partition coefficient (Wildman–Crippen LogP) is 21.3. The number of unbranched alkanes of at least 4 members (excludes halogenated alkanes) is 4. The largest absolute Gasteiger partial charge is 0.309 e. The summed E-state index contributed by atoms with van der Waals surface area (Å²) in [6, 6.07) is 55.5. The Hall–Kier alpha value is -6.90. The molecule has 0 unspecified atom stereocenters. The van der Waals surface area contributed by atoms with Crippen molar-refractivity contribution >= 4 is 69.2 Å². The summed E-state index contributed by atoms with van der Waals surface area (Å²) >= 11 is 0. The second-order valence-electron chi connectivity index (χ2n) is 21.1. The molecule has 0 spiro atoms. The van der Waals surface area contributed by atoms with Crippen molar-refractivity contribution in [2.45, 2.75) is 146 Å². The van der Waals surface area contributed by atoms with E-state index in [4.69, 9.17) is 0 Å². The Bertz CT molecular complexity index is 2910. The Morgan fingerprint density at radius 3 is 0.851 bits per heavy atom. The van der Waals surface area contributed by atoms with Gasteiger partial charge >= 0.3 is 0 Å². The summed E-state index contributed by atoms with van der Waals surface area (Å²) in [5.41, 5.74) is 26.0. The van der Waals surface area contributed by atoms with Crippen molar-refractivity contribution in [3.05, 3.63) is 223 Å². The molecule has 0 heterocycles. The molecule has 0 aliphatic heterocycles. The zero-order valence-electron chi connectivity index (χ0n) is 46.5. The molecule has 2 nitrogen and oxygen atoms in total. The number of hydrogen-bond donors (Lipinski definition) is 0. The van der Waals surface area contributed by atoms with Gasteiger partial charge in [-0.2, -0.15) is 0 Å². The molecule has 8 aromatic rings. The predicted molar refractivity (Wildman–Crippen MR) is 327 cm³/mol. The van der Waals surface area contributed by atoms with Gasteiger partial charge in [-0.05, 0) is 173 Å². The third-order valence-electron chi connectivity index (χ3n) is 15.0. The SMILES string of the molecule is CCCCc1cc(C)cc(CCCC)c1N(c1ccc(C=Cc2ccc(C)cc2)cc1)c1c(C)c(C)c(N(c2ccc(C=Cc3ccc(C)cc3)cc2)c2c(CCCC)cc(C)cc2CCCC)c2ccccc12. The number of hydrogen-bond acceptors (Lipinski definition) is 2. The molecule has 0 aromatic heterocycles. The zero-order chi connectivity index (χ0) is 52.1. The van der Waals surface area contributed by atoms with Crippen molar-refractivity contribution in [1.82, 2.24) is 0 Å². The van der Waals surface area contributed by atoms with Crippen LogP contribution in [-0.4, -0.2) is 0 Å². The van der Waals surface area contributed by atoms with Crippen molar-refractivity contribution in [3.63, 3.8) is 0 Å². The molecule has 2 heteroatoms. The Labute approximate surface area is 446 Å². The van der Waals surface area contributed by atoms with Crippen LogP contribution in [-0.2, 0) is 25.7 Å². The Kier molecular flexibility index (Phi) is 18.3. The molecule has 0 fully saturated rings. The van der Waals surface area contributed by atoms with Gasteiger partial charge in [0.15, 0.2) is 0 Å². The number of fused-ring (bicyclic) bond motifs is 1. The molecule has 0 bridgehead atoms. The average Bonchev–Trinajstić information content (AvgIpc) is 3.41. The van der Waals surface area contributed by atoms with Crippen molar-refractivity contribution in [3.8, 4) is 0 Å². The number of benzene rings is 8. The summed E-state index contributed by atoms with van der Waals surface area (Å²) in [6.07, 6.45) is 22.3. The molecule has 0 aliphatic rings. The smallest absolute Gasteiger partial charge is 0.0573 e. The molecule has 8 aromatic carbocycles. The summed E-state index contributed by atoms with van der Waals surface area (Å²) in [5, 5.41) is 2.52. The second-order valence-corrected chi connectivity index (χ2v) is 21.1. The van der Waals surface area contributed by atoms with Crippen LogP contribution >= 0.6 is 0 Å². The highest BCUT2D eigenvalue weighted by atomic mass is 15.2. The highest BCUT2D eigenvalue weighted by molar-refractivity contribution is 6.11. The summed E-state index contributed by atoms with van der Waals surface area (Å²) in [6.45, 7) is 23.0. The van der Waals surface area contributed by atoms with Gasteiger partial charge < -0.3 is 9.80 Å². The summed E-state index contributed by atoms with van der Waals surface area (Å²) in [4.78, 5) is 5.37. The lowest BCUT2D eigenvalue weighted by atomic mass is 9.90. The Balaban J connectivity index is 1.40. The highest BCUT2D eigenvalue weighted by Gasteiger charge is 2.30. The summed E-state index contributed by atoms with van der Waals surface area (Å²) in [7, 11) is 0. The minimum Gasteiger partial charge on any atom is -0.309 e. The average molecular weight is 975 g/mol. The first-order valence-corrected chi connectivity index (χ1v) is 28.1. The maximum atomic E-state index is 2.68. The maximum absolute atomic E-state index is 2.68. The fraction of sp³-hybridized carbons (Fsp3) is 0.306. The Morgan fingerprint density at radius 2 is 0.581 bits per heavy atom. The van der Waals surface area contributed by atoms with Crippen LogP contribution in [0.4, 0.5) is 34.1 Å². The van der Waals surface area contributed by atoms with Crippen LogP contribution in [0.1, 0.15) is 157 Å². The van der Waals surface area contributed by atoms with E-state index in [0.29, 0.717) is 0 Å². The number of rotatable bonds is 22. The molecule has 0 atom stereocenters. The van der Waals surface area contributed by atoms with Crippen LogP contribution < -0.4 is 9.80 Å². The number of aryl methyl sites for hydroxylation is 8. The first-order chi connectivity index (χ1) is 36.0. The van der Waals surface area contributed by atoms with E-state index in [1.54, 1.807) is 0 Å². The molecule has 74 heavy (non-hydrogen) atoms. The molecule has 0 amide bonds. The van der Waals surface area contributed by atoms with Gasteiger partial charge in [0.25, 0.3) is 0 Å². The fourth-order valence-electron chi connectivity index (χ4n) is 10.9. The Morgan fingerprint density at radius 1 is 0.311 bits per heavy atom. The van der Waals surface area contributed by atoms with Crippen molar-refractivity contribution < 1.29 is 0 Å². The lowest BCUT2D eigenvalue weighted by molar-refractivity contribution is 0.778. The molecule has 0 saturated heterocycles. The van der Waals surface area contributed by atoms with Crippen LogP contribution in [0.3, 0.4) is 0 Å². The van der Waals surface area contributed by atoms with E-state index in [1.807, 2.05) is 0 Å². The summed E-state index contributed by atoms with van der Waals surface area (Å²) in [5.74, 6) is 0. The minimum absolute atomic E-state index is 1.03. The van der Waals surface area contributed by atoms with Gasteiger partial charge in [0, 0.05) is 22.1 Å². The quantitative estimate of drug-likeness (QED) is 0.0625. The van der Waals surface area contributed by atoms with Gasteiger partial charge in [-0.3, -0.25) is 0 Å². The van der Waals surface area contributed by atoms with E-state index in [-0.39, 0.29) is 0 Å². The molecular formula is C72H82N2. The van der Waals surface area contributed by atoms with Crippen molar-refractivity contribution in [1.29, 1.82) is 0 Å². The topological polar surface area (TPSA) is 6.48 Å². The van der Waals surface area contributed by atoms with E-state index in [2.05, 4.69) is 249 Å². The number of nitrogens with zero attached hydrogens (tertiary/aromatic N) is 2. The molecule has 380 valence electrons.